The number of carbonyl (C=O) groups excluding carboxylic acids is 3. The van der Waals surface area contributed by atoms with E-state index in [4.69, 9.17) is 14.2 Å². The summed E-state index contributed by atoms with van der Waals surface area (Å²) in [4.78, 5) is 35.4. The van der Waals surface area contributed by atoms with Crippen molar-refractivity contribution >= 4 is 33.8 Å². The normalized spacial score (nSPS) is 11.5. The first-order valence-corrected chi connectivity index (χ1v) is 13.8. The lowest BCUT2D eigenvalue weighted by molar-refractivity contribution is -0.163. The van der Waals surface area contributed by atoms with E-state index in [1.165, 1.54) is 78.1 Å². The number of halogens is 1. The molecular weight excluding hydrogens is 500 g/mol. The van der Waals surface area contributed by atoms with Crippen LogP contribution in [0, 0.1) is 0 Å². The monoisotopic (exact) mass is 544 g/mol. The Labute approximate surface area is 215 Å². The van der Waals surface area contributed by atoms with Gasteiger partial charge in [-0.1, -0.05) is 99.7 Å². The maximum absolute atomic E-state index is 12.0. The molecule has 0 aliphatic rings. The van der Waals surface area contributed by atoms with E-state index in [1.807, 2.05) is 0 Å². The summed E-state index contributed by atoms with van der Waals surface area (Å²) in [7, 11) is 0. The highest BCUT2D eigenvalue weighted by Gasteiger charge is 2.20. The molecule has 0 aromatic carbocycles. The third-order valence-electron chi connectivity index (χ3n) is 5.32. The highest BCUT2D eigenvalue weighted by Crippen LogP contribution is 2.13. The SMILES string of the molecule is C=C(C)C(=O)OCC(COC(=O)CCCCCCCCCCCCCCCBr)OC(=O)C(=C)C. The number of ether oxygens (including phenoxy) is 3. The Kier molecular flexibility index (Phi) is 20.8. The molecule has 0 bridgehead atoms. The molecule has 0 aromatic rings. The predicted molar refractivity (Wildman–Crippen MR) is 140 cm³/mol. The van der Waals surface area contributed by atoms with Crippen LogP contribution >= 0.6 is 15.9 Å². The topological polar surface area (TPSA) is 78.9 Å². The molecule has 1 unspecified atom stereocenters. The third kappa shape index (κ3) is 19.8. The lowest BCUT2D eigenvalue weighted by atomic mass is 10.0. The Morgan fingerprint density at radius 1 is 0.647 bits per heavy atom. The lowest BCUT2D eigenvalue weighted by Gasteiger charge is -2.18. The van der Waals surface area contributed by atoms with E-state index >= 15 is 0 Å². The second kappa shape index (κ2) is 21.9. The van der Waals surface area contributed by atoms with Gasteiger partial charge in [0.15, 0.2) is 6.10 Å². The first-order chi connectivity index (χ1) is 16.3. The van der Waals surface area contributed by atoms with E-state index < -0.39 is 18.0 Å². The molecule has 0 radical (unpaired) electrons. The summed E-state index contributed by atoms with van der Waals surface area (Å²) in [5.74, 6) is -1.57. The van der Waals surface area contributed by atoms with Gasteiger partial charge in [0.25, 0.3) is 0 Å². The summed E-state index contributed by atoms with van der Waals surface area (Å²) in [6, 6.07) is 0. The lowest BCUT2D eigenvalue weighted by Crippen LogP contribution is -2.31. The third-order valence-corrected chi connectivity index (χ3v) is 5.88. The Morgan fingerprint density at radius 2 is 1.06 bits per heavy atom. The molecular formula is C27H45BrO6. The number of hydrogen-bond donors (Lipinski definition) is 0. The predicted octanol–water partition coefficient (Wildman–Crippen LogP) is 6.99. The highest BCUT2D eigenvalue weighted by molar-refractivity contribution is 9.09. The number of esters is 3. The van der Waals surface area contributed by atoms with Gasteiger partial charge in [-0.3, -0.25) is 4.79 Å². The van der Waals surface area contributed by atoms with Crippen molar-refractivity contribution < 1.29 is 28.6 Å². The largest absolute Gasteiger partial charge is 0.462 e. The summed E-state index contributed by atoms with van der Waals surface area (Å²) < 4.78 is 15.5. The first kappa shape index (κ1) is 32.4. The molecule has 0 heterocycles. The Bertz CT molecular complexity index is 616. The molecule has 34 heavy (non-hydrogen) atoms. The van der Waals surface area contributed by atoms with Gasteiger partial charge >= 0.3 is 17.9 Å². The van der Waals surface area contributed by atoms with E-state index in [0.29, 0.717) is 6.42 Å². The number of alkyl halides is 1. The molecule has 0 aliphatic heterocycles. The van der Waals surface area contributed by atoms with Crippen molar-refractivity contribution in [3.8, 4) is 0 Å². The van der Waals surface area contributed by atoms with Gasteiger partial charge < -0.3 is 14.2 Å². The fraction of sp³-hybridized carbons (Fsp3) is 0.741. The van der Waals surface area contributed by atoms with Crippen LogP contribution in [-0.4, -0.2) is 42.6 Å². The van der Waals surface area contributed by atoms with Crippen LogP contribution in [0.15, 0.2) is 24.3 Å². The van der Waals surface area contributed by atoms with E-state index in [1.54, 1.807) is 0 Å². The molecule has 7 heteroatoms. The van der Waals surface area contributed by atoms with Crippen molar-refractivity contribution in [2.24, 2.45) is 0 Å². The molecule has 0 fully saturated rings. The molecule has 6 nitrogen and oxygen atoms in total. The van der Waals surface area contributed by atoms with Gasteiger partial charge in [-0.25, -0.2) is 9.59 Å². The molecule has 0 N–H and O–H groups in total. The number of unbranched alkanes of at least 4 members (excludes halogenated alkanes) is 12. The molecule has 0 saturated heterocycles. The summed E-state index contributed by atoms with van der Waals surface area (Å²) in [5.41, 5.74) is 0.446. The fourth-order valence-electron chi connectivity index (χ4n) is 3.23. The van der Waals surface area contributed by atoms with E-state index in [-0.39, 0.29) is 30.3 Å². The quantitative estimate of drug-likeness (QED) is 0.0480. The van der Waals surface area contributed by atoms with Crippen LogP contribution in [-0.2, 0) is 28.6 Å². The van der Waals surface area contributed by atoms with Crippen molar-refractivity contribution in [1.29, 1.82) is 0 Å². The van der Waals surface area contributed by atoms with Gasteiger partial charge in [0.1, 0.15) is 13.2 Å². The van der Waals surface area contributed by atoms with Crippen molar-refractivity contribution in [3.05, 3.63) is 24.3 Å². The van der Waals surface area contributed by atoms with E-state index in [9.17, 15) is 14.4 Å². The molecule has 1 atom stereocenters. The van der Waals surface area contributed by atoms with Gasteiger partial charge in [-0.2, -0.15) is 0 Å². The summed E-state index contributed by atoms with van der Waals surface area (Å²) >= 11 is 3.47. The number of carbonyl (C=O) groups is 3. The number of hydrogen-bond acceptors (Lipinski definition) is 6. The van der Waals surface area contributed by atoms with Gasteiger partial charge in [0, 0.05) is 22.9 Å². The molecule has 0 spiro atoms. The minimum Gasteiger partial charge on any atom is -0.462 e. The first-order valence-electron chi connectivity index (χ1n) is 12.7. The zero-order chi connectivity index (χ0) is 25.6. The smallest absolute Gasteiger partial charge is 0.333 e. The van der Waals surface area contributed by atoms with Crippen molar-refractivity contribution in [3.63, 3.8) is 0 Å². The average Bonchev–Trinajstić information content (AvgIpc) is 2.80. The number of rotatable bonds is 22. The van der Waals surface area contributed by atoms with Crippen LogP contribution in [0.3, 0.4) is 0 Å². The zero-order valence-corrected chi connectivity index (χ0v) is 22.9. The second-order valence-electron chi connectivity index (χ2n) is 8.90. The van der Waals surface area contributed by atoms with Crippen molar-refractivity contribution in [1.82, 2.24) is 0 Å². The zero-order valence-electron chi connectivity index (χ0n) is 21.3. The van der Waals surface area contributed by atoms with Gasteiger partial charge in [0.05, 0.1) is 0 Å². The minimum absolute atomic E-state index is 0.169. The van der Waals surface area contributed by atoms with Crippen LogP contribution in [0.5, 0.6) is 0 Å². The van der Waals surface area contributed by atoms with Crippen LogP contribution < -0.4 is 0 Å². The summed E-state index contributed by atoms with van der Waals surface area (Å²) in [6.07, 6.45) is 15.4. The minimum atomic E-state index is -0.884. The molecule has 0 saturated carbocycles. The molecule has 0 rings (SSSR count). The summed E-state index contributed by atoms with van der Waals surface area (Å²) in [5, 5.41) is 1.12. The summed E-state index contributed by atoms with van der Waals surface area (Å²) in [6.45, 7) is 9.68. The Balaban J connectivity index is 3.85. The van der Waals surface area contributed by atoms with Crippen LogP contribution in [0.2, 0.25) is 0 Å². The second-order valence-corrected chi connectivity index (χ2v) is 9.70. The van der Waals surface area contributed by atoms with Crippen molar-refractivity contribution in [2.45, 2.75) is 110 Å². The van der Waals surface area contributed by atoms with E-state index in [2.05, 4.69) is 29.1 Å². The Morgan fingerprint density at radius 3 is 1.50 bits per heavy atom. The van der Waals surface area contributed by atoms with Crippen molar-refractivity contribution in [2.75, 3.05) is 18.5 Å². The molecule has 0 amide bonds. The maximum Gasteiger partial charge on any atom is 0.333 e. The van der Waals surface area contributed by atoms with Gasteiger partial charge in [0.2, 0.25) is 0 Å². The standard InChI is InChI=1S/C27H45BrO6/c1-22(2)26(30)33-21-24(34-27(31)23(3)4)20-32-25(29)18-16-14-12-10-8-6-5-7-9-11-13-15-17-19-28/h24H,1,3,5-21H2,2,4H3. The van der Waals surface area contributed by atoms with Gasteiger partial charge in [-0.15, -0.1) is 0 Å². The van der Waals surface area contributed by atoms with Gasteiger partial charge in [-0.05, 0) is 26.7 Å². The molecule has 0 aliphatic carbocycles. The molecule has 196 valence electrons. The van der Waals surface area contributed by atoms with Crippen LogP contribution in [0.1, 0.15) is 104 Å². The van der Waals surface area contributed by atoms with E-state index in [0.717, 1.165) is 24.6 Å². The van der Waals surface area contributed by atoms with Crippen LogP contribution in [0.4, 0.5) is 0 Å². The fourth-order valence-corrected chi connectivity index (χ4v) is 3.62. The molecule has 0 aromatic heterocycles. The average molecular weight is 546 g/mol. The Hall–Kier alpha value is -1.63. The van der Waals surface area contributed by atoms with Crippen LogP contribution in [0.25, 0.3) is 0 Å². The highest BCUT2D eigenvalue weighted by atomic mass is 79.9. The maximum atomic E-state index is 12.0.